The largest absolute Gasteiger partial charge is 0.331 e. The van der Waals surface area contributed by atoms with Crippen LogP contribution in [-0.2, 0) is 6.42 Å². The molecule has 0 saturated carbocycles. The molecule has 0 unspecified atom stereocenters. The Hall–Kier alpha value is -1.58. The highest BCUT2D eigenvalue weighted by atomic mass is 35.5. The zero-order valence-corrected chi connectivity index (χ0v) is 13.5. The van der Waals surface area contributed by atoms with Crippen LogP contribution in [0.3, 0.4) is 0 Å². The number of anilines is 2. The molecule has 3 aromatic rings. The second kappa shape index (κ2) is 6.46. The number of thiazole rings is 1. The van der Waals surface area contributed by atoms with E-state index in [1.165, 1.54) is 18.5 Å². The van der Waals surface area contributed by atoms with Gasteiger partial charge in [-0.2, -0.15) is 0 Å². The molecule has 1 heterocycles. The third-order valence-electron chi connectivity index (χ3n) is 3.45. The van der Waals surface area contributed by atoms with Gasteiger partial charge in [0.15, 0.2) is 5.13 Å². The van der Waals surface area contributed by atoms with Gasteiger partial charge in [0.1, 0.15) is 0 Å². The molecule has 21 heavy (non-hydrogen) atoms. The summed E-state index contributed by atoms with van der Waals surface area (Å²) in [5.74, 6) is 0. The number of benzene rings is 2. The average Bonchev–Trinajstić information content (AvgIpc) is 2.96. The van der Waals surface area contributed by atoms with Crippen LogP contribution in [0.1, 0.15) is 25.5 Å². The van der Waals surface area contributed by atoms with Crippen molar-refractivity contribution < 1.29 is 0 Å². The first-order valence-electron chi connectivity index (χ1n) is 7.16. The molecule has 1 aromatic heterocycles. The topological polar surface area (TPSA) is 24.9 Å². The molecule has 2 aromatic carbocycles. The summed E-state index contributed by atoms with van der Waals surface area (Å²) in [5.41, 5.74) is 2.22. The Labute approximate surface area is 133 Å². The monoisotopic (exact) mass is 316 g/mol. The Morgan fingerprint density at radius 2 is 1.95 bits per heavy atom. The van der Waals surface area contributed by atoms with Gasteiger partial charge in [0.25, 0.3) is 0 Å². The molecule has 0 spiro atoms. The summed E-state index contributed by atoms with van der Waals surface area (Å²) in [6, 6.07) is 12.1. The maximum atomic E-state index is 6.25. The lowest BCUT2D eigenvalue weighted by atomic mass is 10.1. The van der Waals surface area contributed by atoms with Gasteiger partial charge in [0.05, 0.1) is 5.69 Å². The lowest BCUT2D eigenvalue weighted by Gasteiger charge is -2.08. The highest BCUT2D eigenvalue weighted by Gasteiger charge is 2.07. The van der Waals surface area contributed by atoms with E-state index in [2.05, 4.69) is 28.7 Å². The maximum Gasteiger partial charge on any atom is 0.187 e. The van der Waals surface area contributed by atoms with Crippen LogP contribution in [0.15, 0.2) is 41.8 Å². The van der Waals surface area contributed by atoms with Gasteiger partial charge in [0.2, 0.25) is 0 Å². The van der Waals surface area contributed by atoms with Gasteiger partial charge >= 0.3 is 0 Å². The maximum absolute atomic E-state index is 6.25. The van der Waals surface area contributed by atoms with Crippen LogP contribution in [0.2, 0.25) is 5.02 Å². The molecule has 0 saturated heterocycles. The predicted molar refractivity (Wildman–Crippen MR) is 93.0 cm³/mol. The number of unbranched alkanes of at least 4 members (excludes halogenated alkanes) is 1. The zero-order valence-electron chi connectivity index (χ0n) is 11.9. The Kier molecular flexibility index (Phi) is 4.42. The summed E-state index contributed by atoms with van der Waals surface area (Å²) in [7, 11) is 0. The molecule has 0 fully saturated rings. The highest BCUT2D eigenvalue weighted by molar-refractivity contribution is 7.13. The molecular formula is C17H17ClN2S. The van der Waals surface area contributed by atoms with Gasteiger partial charge < -0.3 is 5.32 Å². The Morgan fingerprint density at radius 1 is 1.14 bits per heavy atom. The molecule has 3 rings (SSSR count). The Bertz CT molecular complexity index is 751. The fourth-order valence-corrected chi connectivity index (χ4v) is 3.31. The number of nitrogens with zero attached hydrogens (tertiary/aromatic N) is 1. The first-order chi connectivity index (χ1) is 10.3. The summed E-state index contributed by atoms with van der Waals surface area (Å²) in [6.07, 6.45) is 3.44. The van der Waals surface area contributed by atoms with Gasteiger partial charge in [0, 0.05) is 26.9 Å². The second-order valence-electron chi connectivity index (χ2n) is 5.01. The summed E-state index contributed by atoms with van der Waals surface area (Å²) in [4.78, 5) is 4.65. The average molecular weight is 317 g/mol. The van der Waals surface area contributed by atoms with Crippen LogP contribution in [0, 0.1) is 0 Å². The van der Waals surface area contributed by atoms with E-state index in [4.69, 9.17) is 11.6 Å². The van der Waals surface area contributed by atoms with Crippen molar-refractivity contribution in [3.63, 3.8) is 0 Å². The quantitative estimate of drug-likeness (QED) is 0.621. The van der Waals surface area contributed by atoms with Gasteiger partial charge in [-0.1, -0.05) is 49.2 Å². The number of rotatable bonds is 5. The van der Waals surface area contributed by atoms with Gasteiger partial charge in [-0.25, -0.2) is 4.98 Å². The summed E-state index contributed by atoms with van der Waals surface area (Å²) in [5, 5.41) is 9.45. The van der Waals surface area contributed by atoms with Crippen LogP contribution in [0.4, 0.5) is 10.8 Å². The number of halogens is 1. The fraction of sp³-hybridized carbons (Fsp3) is 0.235. The molecule has 0 bridgehead atoms. The van der Waals surface area contributed by atoms with Crippen LogP contribution in [-0.4, -0.2) is 4.98 Å². The smallest absolute Gasteiger partial charge is 0.187 e. The summed E-state index contributed by atoms with van der Waals surface area (Å²) < 4.78 is 0. The van der Waals surface area contributed by atoms with Crippen molar-refractivity contribution in [2.45, 2.75) is 26.2 Å². The molecule has 108 valence electrons. The first kappa shape index (κ1) is 14.4. The Morgan fingerprint density at radius 3 is 2.76 bits per heavy atom. The van der Waals surface area contributed by atoms with Gasteiger partial charge in [-0.15, -0.1) is 11.3 Å². The molecule has 0 radical (unpaired) electrons. The van der Waals surface area contributed by atoms with Crippen molar-refractivity contribution in [1.82, 2.24) is 4.98 Å². The lowest BCUT2D eigenvalue weighted by molar-refractivity contribution is 0.782. The zero-order chi connectivity index (χ0) is 14.7. The lowest BCUT2D eigenvalue weighted by Crippen LogP contribution is -1.92. The van der Waals surface area contributed by atoms with Crippen LogP contribution in [0.5, 0.6) is 0 Å². The third kappa shape index (κ3) is 3.20. The molecule has 0 aliphatic carbocycles. The molecule has 0 aliphatic rings. The summed E-state index contributed by atoms with van der Waals surface area (Å²) >= 11 is 7.90. The van der Waals surface area contributed by atoms with E-state index >= 15 is 0 Å². The van der Waals surface area contributed by atoms with E-state index in [0.29, 0.717) is 0 Å². The van der Waals surface area contributed by atoms with Gasteiger partial charge in [-0.3, -0.25) is 0 Å². The SMILES string of the molecule is CCCCc1csc(Nc2ccc(Cl)c3ccccc23)n1. The number of aromatic nitrogens is 1. The van der Waals surface area contributed by atoms with Crippen molar-refractivity contribution in [2.24, 2.45) is 0 Å². The van der Waals surface area contributed by atoms with E-state index in [1.54, 1.807) is 11.3 Å². The van der Waals surface area contributed by atoms with E-state index < -0.39 is 0 Å². The fourth-order valence-electron chi connectivity index (χ4n) is 2.32. The van der Waals surface area contributed by atoms with Crippen LogP contribution < -0.4 is 5.32 Å². The van der Waals surface area contributed by atoms with Crippen molar-refractivity contribution >= 4 is 44.5 Å². The molecule has 0 aliphatic heterocycles. The molecule has 1 N–H and O–H groups in total. The number of hydrogen-bond acceptors (Lipinski definition) is 3. The van der Waals surface area contributed by atoms with E-state index in [9.17, 15) is 0 Å². The van der Waals surface area contributed by atoms with E-state index in [-0.39, 0.29) is 0 Å². The van der Waals surface area contributed by atoms with Crippen LogP contribution >= 0.6 is 22.9 Å². The van der Waals surface area contributed by atoms with E-state index in [1.807, 2.05) is 30.3 Å². The molecule has 4 heteroatoms. The van der Waals surface area contributed by atoms with Crippen molar-refractivity contribution in [3.8, 4) is 0 Å². The van der Waals surface area contributed by atoms with Crippen molar-refractivity contribution in [1.29, 1.82) is 0 Å². The minimum atomic E-state index is 0.777. The molecule has 0 amide bonds. The third-order valence-corrected chi connectivity index (χ3v) is 4.59. The molecular weight excluding hydrogens is 300 g/mol. The minimum Gasteiger partial charge on any atom is -0.331 e. The molecule has 0 atom stereocenters. The summed E-state index contributed by atoms with van der Waals surface area (Å²) in [6.45, 7) is 2.20. The number of fused-ring (bicyclic) bond motifs is 1. The minimum absolute atomic E-state index is 0.777. The van der Waals surface area contributed by atoms with Gasteiger partial charge in [-0.05, 0) is 25.0 Å². The normalized spacial score (nSPS) is 11.0. The number of hydrogen-bond donors (Lipinski definition) is 1. The number of aryl methyl sites for hydroxylation is 1. The standard InChI is InChI=1S/C17H17ClN2S/c1-2-3-6-12-11-21-17(19-12)20-16-10-9-15(18)13-7-4-5-8-14(13)16/h4-5,7-11H,2-3,6H2,1H3,(H,19,20). The predicted octanol–water partition coefficient (Wildman–Crippen LogP) is 6.04. The molecule has 2 nitrogen and oxygen atoms in total. The van der Waals surface area contributed by atoms with Crippen LogP contribution in [0.25, 0.3) is 10.8 Å². The highest BCUT2D eigenvalue weighted by Crippen LogP contribution is 2.32. The Balaban J connectivity index is 1.88. The number of nitrogens with one attached hydrogen (secondary N) is 1. The first-order valence-corrected chi connectivity index (χ1v) is 8.42. The van der Waals surface area contributed by atoms with Crippen molar-refractivity contribution in [2.75, 3.05) is 5.32 Å². The van der Waals surface area contributed by atoms with E-state index in [0.717, 1.165) is 33.0 Å². The van der Waals surface area contributed by atoms with Crippen molar-refractivity contribution in [3.05, 3.63) is 52.5 Å². The second-order valence-corrected chi connectivity index (χ2v) is 6.28.